The second kappa shape index (κ2) is 7.79. The first-order valence-electron chi connectivity index (χ1n) is 10.7. The van der Waals surface area contributed by atoms with Gasteiger partial charge in [-0.15, -0.1) is 11.3 Å². The summed E-state index contributed by atoms with van der Waals surface area (Å²) in [5, 5.41) is 7.40. The fraction of sp³-hybridized carbons (Fsp3) is 0.250. The number of hydrogen-bond donors (Lipinski definition) is 2. The summed E-state index contributed by atoms with van der Waals surface area (Å²) in [6.07, 6.45) is 0.468. The number of likely N-dealkylation sites (N-methyl/N-ethyl adjacent to an activating group) is 1. The van der Waals surface area contributed by atoms with Crippen LogP contribution in [0.4, 0.5) is 5.00 Å². The lowest BCUT2D eigenvalue weighted by Gasteiger charge is -2.27. The first-order chi connectivity index (χ1) is 16.0. The van der Waals surface area contributed by atoms with Crippen molar-refractivity contribution in [2.45, 2.75) is 19.1 Å². The number of anilines is 1. The molecule has 0 saturated carbocycles. The van der Waals surface area contributed by atoms with Gasteiger partial charge in [-0.2, -0.15) is 0 Å². The minimum Gasteiger partial charge on any atom is -0.454 e. The average molecular weight is 464 g/mol. The van der Waals surface area contributed by atoms with Crippen molar-refractivity contribution in [1.29, 1.82) is 0 Å². The first-order valence-corrected chi connectivity index (χ1v) is 11.5. The Kier molecular flexibility index (Phi) is 4.74. The highest BCUT2D eigenvalue weighted by atomic mass is 32.1. The highest BCUT2D eigenvalue weighted by Crippen LogP contribution is 2.41. The van der Waals surface area contributed by atoms with Crippen molar-refractivity contribution in [3.8, 4) is 17.2 Å². The molecule has 3 aliphatic rings. The summed E-state index contributed by atoms with van der Waals surface area (Å²) in [5.74, 6) is 0.952. The molecule has 9 heteroatoms. The number of hydrogen-bond acceptors (Lipinski definition) is 8. The lowest BCUT2D eigenvalue weighted by molar-refractivity contribution is 0.0733. The molecule has 0 aliphatic carbocycles. The average Bonchev–Trinajstić information content (AvgIpc) is 3.42. The van der Waals surface area contributed by atoms with E-state index in [1.165, 1.54) is 4.88 Å². The van der Waals surface area contributed by atoms with Gasteiger partial charge in [0.25, 0.3) is 5.91 Å². The number of amides is 1. The Hall–Kier alpha value is -3.56. The predicted octanol–water partition coefficient (Wildman–Crippen LogP) is 3.54. The molecule has 2 aromatic carbocycles. The number of nitrogens with one attached hydrogen (secondary N) is 2. The maximum atomic E-state index is 13.0. The first kappa shape index (κ1) is 20.1. The molecular formula is C24H21N3O5S. The van der Waals surface area contributed by atoms with E-state index in [0.717, 1.165) is 41.2 Å². The van der Waals surface area contributed by atoms with E-state index in [4.69, 9.17) is 14.2 Å². The van der Waals surface area contributed by atoms with Gasteiger partial charge in [0.05, 0.1) is 11.1 Å². The number of fused-ring (bicyclic) bond motifs is 4. The lowest BCUT2D eigenvalue weighted by atomic mass is 10.0. The number of ether oxygens (including phenoxy) is 3. The van der Waals surface area contributed by atoms with Crippen LogP contribution >= 0.6 is 11.3 Å². The van der Waals surface area contributed by atoms with Crippen LogP contribution in [-0.4, -0.2) is 37.2 Å². The second-order valence-corrected chi connectivity index (χ2v) is 9.38. The number of carbonyl (C=O) groups excluding carboxylic acids is 2. The second-order valence-electron chi connectivity index (χ2n) is 8.28. The Labute approximate surface area is 194 Å². The fourth-order valence-electron chi connectivity index (χ4n) is 4.36. The van der Waals surface area contributed by atoms with Crippen molar-refractivity contribution in [3.05, 3.63) is 69.6 Å². The number of carbonyl (C=O) groups is 2. The zero-order valence-electron chi connectivity index (χ0n) is 17.8. The van der Waals surface area contributed by atoms with Crippen molar-refractivity contribution >= 4 is 28.2 Å². The van der Waals surface area contributed by atoms with E-state index in [-0.39, 0.29) is 12.7 Å². The van der Waals surface area contributed by atoms with Gasteiger partial charge in [0.2, 0.25) is 6.79 Å². The van der Waals surface area contributed by atoms with Crippen LogP contribution in [0, 0.1) is 0 Å². The molecule has 0 radical (unpaired) electrons. The largest absolute Gasteiger partial charge is 0.454 e. The molecule has 1 aromatic heterocycles. The van der Waals surface area contributed by atoms with Gasteiger partial charge in [-0.3, -0.25) is 4.79 Å². The van der Waals surface area contributed by atoms with Crippen molar-refractivity contribution in [1.82, 2.24) is 10.2 Å². The molecule has 3 aromatic rings. The van der Waals surface area contributed by atoms with Gasteiger partial charge in [-0.05, 0) is 54.9 Å². The van der Waals surface area contributed by atoms with Crippen LogP contribution in [0.25, 0.3) is 0 Å². The maximum absolute atomic E-state index is 13.0. The monoisotopic (exact) mass is 463 g/mol. The van der Waals surface area contributed by atoms with E-state index >= 15 is 0 Å². The van der Waals surface area contributed by atoms with Crippen LogP contribution in [-0.2, 0) is 13.0 Å². The number of thiophene rings is 1. The van der Waals surface area contributed by atoms with Gasteiger partial charge in [0.1, 0.15) is 16.9 Å². The molecular weight excluding hydrogens is 442 g/mol. The third-order valence-electron chi connectivity index (χ3n) is 6.04. The van der Waals surface area contributed by atoms with E-state index in [1.807, 2.05) is 6.07 Å². The van der Waals surface area contributed by atoms with Gasteiger partial charge >= 0.3 is 5.97 Å². The van der Waals surface area contributed by atoms with E-state index in [9.17, 15) is 9.59 Å². The molecule has 2 N–H and O–H groups in total. The van der Waals surface area contributed by atoms with Gasteiger partial charge in [-0.25, -0.2) is 4.79 Å². The number of rotatable bonds is 3. The number of benzene rings is 2. The van der Waals surface area contributed by atoms with Crippen LogP contribution in [0.1, 0.15) is 42.9 Å². The number of nitrogens with zero attached hydrogens (tertiary/aromatic N) is 1. The van der Waals surface area contributed by atoms with Gasteiger partial charge < -0.3 is 29.7 Å². The number of esters is 1. The molecule has 8 nitrogen and oxygen atoms in total. The van der Waals surface area contributed by atoms with Crippen LogP contribution in [0.3, 0.4) is 0 Å². The molecule has 1 amide bonds. The van der Waals surface area contributed by atoms with E-state index in [2.05, 4.69) is 22.6 Å². The molecule has 1 atom stereocenters. The third-order valence-corrected chi connectivity index (χ3v) is 7.18. The van der Waals surface area contributed by atoms with Crippen LogP contribution in [0.15, 0.2) is 42.5 Å². The zero-order valence-corrected chi connectivity index (χ0v) is 18.7. The smallest absolute Gasteiger partial charge is 0.343 e. The summed E-state index contributed by atoms with van der Waals surface area (Å²) in [7, 11) is 2.09. The summed E-state index contributed by atoms with van der Waals surface area (Å²) in [6.45, 7) is 1.95. The minimum absolute atomic E-state index is 0.0708. The van der Waals surface area contributed by atoms with Crippen LogP contribution < -0.4 is 24.8 Å². The highest BCUT2D eigenvalue weighted by Gasteiger charge is 2.33. The molecule has 3 aliphatic heterocycles. The molecule has 0 unspecified atom stereocenters. The Balaban J connectivity index is 1.22. The Bertz CT molecular complexity index is 1290. The predicted molar refractivity (Wildman–Crippen MR) is 122 cm³/mol. The standard InChI is InChI=1S/C24H21N3O5S/c1-27-8-7-16-19(11-27)33-23-20(16)22(28)25-21(26-23)13-3-2-4-15(9-13)32-24(29)14-5-6-17-18(10-14)31-12-30-17/h2-6,9-10,21,26H,7-8,11-12H2,1H3,(H,25,28)/t21-/m0/s1. The SMILES string of the molecule is CN1CCc2c(sc3c2C(=O)N[C@H](c2cccc(OC(=O)c4ccc5c(c4)OCO5)c2)N3)C1. The maximum Gasteiger partial charge on any atom is 0.343 e. The fourth-order valence-corrected chi connectivity index (χ4v) is 5.71. The normalized spacial score (nSPS) is 18.7. The van der Waals surface area contributed by atoms with Crippen LogP contribution in [0.2, 0.25) is 0 Å². The molecule has 33 heavy (non-hydrogen) atoms. The molecule has 0 fully saturated rings. The topological polar surface area (TPSA) is 89.1 Å². The molecule has 0 saturated heterocycles. The molecule has 0 bridgehead atoms. The summed E-state index contributed by atoms with van der Waals surface area (Å²) in [6, 6.07) is 12.1. The van der Waals surface area contributed by atoms with Crippen molar-refractivity contribution in [2.75, 3.05) is 25.7 Å². The van der Waals surface area contributed by atoms with Gasteiger partial charge in [-0.1, -0.05) is 12.1 Å². The summed E-state index contributed by atoms with van der Waals surface area (Å²) in [4.78, 5) is 29.1. The molecule has 168 valence electrons. The third kappa shape index (κ3) is 3.59. The van der Waals surface area contributed by atoms with Gasteiger partial charge in [0.15, 0.2) is 11.5 Å². The molecule has 0 spiro atoms. The summed E-state index contributed by atoms with van der Waals surface area (Å²) < 4.78 is 16.2. The van der Waals surface area contributed by atoms with E-state index < -0.39 is 12.1 Å². The Morgan fingerprint density at radius 2 is 2.03 bits per heavy atom. The van der Waals surface area contributed by atoms with E-state index in [0.29, 0.717) is 22.8 Å². The Morgan fingerprint density at radius 1 is 1.15 bits per heavy atom. The zero-order chi connectivity index (χ0) is 22.5. The highest BCUT2D eigenvalue weighted by molar-refractivity contribution is 7.16. The quantitative estimate of drug-likeness (QED) is 0.454. The molecule has 6 rings (SSSR count). The lowest BCUT2D eigenvalue weighted by Crippen LogP contribution is -2.38. The summed E-state index contributed by atoms with van der Waals surface area (Å²) in [5.41, 5.74) is 3.09. The van der Waals surface area contributed by atoms with Crippen molar-refractivity contribution in [2.24, 2.45) is 0 Å². The Morgan fingerprint density at radius 3 is 2.94 bits per heavy atom. The van der Waals surface area contributed by atoms with Gasteiger partial charge in [0, 0.05) is 18.0 Å². The van der Waals surface area contributed by atoms with Crippen molar-refractivity contribution < 1.29 is 23.8 Å². The van der Waals surface area contributed by atoms with Crippen molar-refractivity contribution in [3.63, 3.8) is 0 Å². The minimum atomic E-state index is -0.497. The molecule has 4 heterocycles. The van der Waals surface area contributed by atoms with Crippen LogP contribution in [0.5, 0.6) is 17.2 Å². The van der Waals surface area contributed by atoms with E-state index in [1.54, 1.807) is 47.7 Å². The summed E-state index contributed by atoms with van der Waals surface area (Å²) >= 11 is 1.64.